The molecule has 3 rings (SSSR count). The fraction of sp³-hybridized carbons (Fsp3) is 0.444. The number of rotatable bonds is 0. The molecule has 3 fully saturated rings. The van der Waals surface area contributed by atoms with Crippen molar-refractivity contribution >= 4 is 0 Å². The third-order valence-electron chi connectivity index (χ3n) is 2.48. The summed E-state index contributed by atoms with van der Waals surface area (Å²) < 4.78 is 14.8. The normalized spacial score (nSPS) is 13.6. The van der Waals surface area contributed by atoms with Crippen LogP contribution in [-0.2, 0) is 14.2 Å². The molecule has 3 aliphatic rings. The monoisotopic (exact) mass is 575 g/mol. The Balaban J connectivity index is -0.0000000362. The van der Waals surface area contributed by atoms with Crippen molar-refractivity contribution in [3.8, 4) is 0 Å². The van der Waals surface area contributed by atoms with Crippen molar-refractivity contribution in [2.75, 3.05) is 39.6 Å². The van der Waals surface area contributed by atoms with Crippen LogP contribution in [0.5, 0.6) is 0 Å². The van der Waals surface area contributed by atoms with Crippen LogP contribution in [0.4, 0.5) is 0 Å². The van der Waals surface area contributed by atoms with Gasteiger partial charge in [-0.2, -0.15) is 0 Å². The van der Waals surface area contributed by atoms with Crippen LogP contribution in [0, 0.1) is 143 Å². The zero-order valence-electron chi connectivity index (χ0n) is 22.2. The van der Waals surface area contributed by atoms with Gasteiger partial charge in [0.2, 0.25) is 0 Å². The maximum absolute atomic E-state index is 4.94. The Morgan fingerprint density at radius 2 is 0.424 bits per heavy atom. The fourth-order valence-corrected chi connectivity index (χ4v) is 1.53. The van der Waals surface area contributed by atoms with Gasteiger partial charge in [-0.25, -0.2) is 0 Å². The van der Waals surface area contributed by atoms with Gasteiger partial charge in [0.1, 0.15) is 0 Å². The van der Waals surface area contributed by atoms with Crippen LogP contribution in [0.25, 0.3) is 0 Å². The van der Waals surface area contributed by atoms with Gasteiger partial charge in [-0.15, -0.1) is 0 Å². The summed E-state index contributed by atoms with van der Waals surface area (Å²) in [5.74, 6) is 0. The van der Waals surface area contributed by atoms with Crippen molar-refractivity contribution in [2.24, 2.45) is 0 Å². The second kappa shape index (κ2) is 76.5. The molecule has 0 aliphatic carbocycles. The van der Waals surface area contributed by atoms with E-state index in [1.165, 1.54) is 70.6 Å². The van der Waals surface area contributed by atoms with Crippen LogP contribution < -0.4 is 37.7 Å². The molecule has 0 atom stereocenters. The van der Waals surface area contributed by atoms with Gasteiger partial charge in [-0.3, -0.25) is 0 Å². The maximum Gasteiger partial charge on any atom is 1.00 e. The molecule has 0 bridgehead atoms. The minimum atomic E-state index is 0. The van der Waals surface area contributed by atoms with Crippen LogP contribution in [0.1, 0.15) is 38.5 Å². The van der Waals surface area contributed by atoms with E-state index in [0.29, 0.717) is 0 Å². The van der Waals surface area contributed by atoms with Gasteiger partial charge in [0.15, 0.2) is 0 Å². The number of hydrogen-bond acceptors (Lipinski definition) is 3. The first-order chi connectivity index (χ1) is 14.6. The SMILES string of the molecule is C1CCOC1.C1CCOC1.C1CCOC1.[CH2][CH][CH2].[CH2][CH][CH2].[CH2][CH][CH2].[CH2][CH][CH2].[CH2][CH][CH2].[Ce].[Li+].[Li+]. The molecule has 3 heterocycles. The van der Waals surface area contributed by atoms with Crippen molar-refractivity contribution in [1.82, 2.24) is 0 Å². The molecule has 15 radical (unpaired) electrons. The predicted octanol–water partition coefficient (Wildman–Crippen LogP) is 0.693. The molecule has 0 spiro atoms. The third-order valence-corrected chi connectivity index (χ3v) is 2.48. The minimum Gasteiger partial charge on any atom is -0.381 e. The van der Waals surface area contributed by atoms with E-state index in [4.69, 9.17) is 14.2 Å². The first-order valence-corrected chi connectivity index (χ1v) is 10.3. The van der Waals surface area contributed by atoms with E-state index >= 15 is 0 Å². The van der Waals surface area contributed by atoms with Crippen molar-refractivity contribution < 1.29 is 93.7 Å². The fourth-order valence-electron chi connectivity index (χ4n) is 1.53. The van der Waals surface area contributed by atoms with Crippen LogP contribution in [-0.4, -0.2) is 39.6 Å². The van der Waals surface area contributed by atoms with E-state index in [-0.39, 0.29) is 79.5 Å². The van der Waals surface area contributed by atoms with Crippen LogP contribution in [0.15, 0.2) is 0 Å². The zero-order valence-corrected chi connectivity index (χ0v) is 25.3. The Morgan fingerprint density at radius 1 is 0.333 bits per heavy atom. The Labute approximate surface area is 270 Å². The predicted molar refractivity (Wildman–Crippen MR) is 135 cm³/mol. The molecule has 179 valence electrons. The maximum atomic E-state index is 4.94. The summed E-state index contributed by atoms with van der Waals surface area (Å²) in [5, 5.41) is 0. The Bertz CT molecular complexity index is 134. The minimum absolute atomic E-state index is 0. The van der Waals surface area contributed by atoms with Crippen molar-refractivity contribution in [1.29, 1.82) is 0 Å². The first kappa shape index (κ1) is 55.8. The largest absolute Gasteiger partial charge is 1.00 e. The Kier molecular flexibility index (Phi) is 129. The molecule has 0 aromatic rings. The van der Waals surface area contributed by atoms with Gasteiger partial charge >= 0.3 is 37.7 Å². The van der Waals surface area contributed by atoms with E-state index in [1.807, 2.05) is 0 Å². The van der Waals surface area contributed by atoms with Crippen molar-refractivity contribution in [3.05, 3.63) is 101 Å². The molecule has 0 aromatic heterocycles. The third kappa shape index (κ3) is 119. The average Bonchev–Trinajstić information content (AvgIpc) is 3.54. The summed E-state index contributed by atoms with van der Waals surface area (Å²) in [6.45, 7) is 38.5. The summed E-state index contributed by atoms with van der Waals surface area (Å²) in [5.41, 5.74) is 0. The van der Waals surface area contributed by atoms with Gasteiger partial charge in [-0.05, 0) is 140 Å². The molecule has 3 saturated heterocycles. The standard InChI is InChI=1S/3C4H8O.5C3H5.Ce.2Li/c3*1-2-4-5-3-1;5*1-3-2;;;/h3*1-4H2;5*3H,1-2H2;;;/q;;;;;;;;;2*+1. The van der Waals surface area contributed by atoms with Gasteiger partial charge in [0, 0.05) is 81.4 Å². The Hall–Kier alpha value is 2.45. The first-order valence-electron chi connectivity index (χ1n) is 10.3. The van der Waals surface area contributed by atoms with E-state index in [1.54, 1.807) is 0 Å². The van der Waals surface area contributed by atoms with Crippen molar-refractivity contribution in [2.45, 2.75) is 38.5 Å². The summed E-state index contributed by atoms with van der Waals surface area (Å²) in [6, 6.07) is 0. The van der Waals surface area contributed by atoms with Gasteiger partial charge in [0.05, 0.1) is 0 Å². The topological polar surface area (TPSA) is 27.7 Å². The molecule has 0 N–H and O–H groups in total. The van der Waals surface area contributed by atoms with Gasteiger partial charge in [0.25, 0.3) is 0 Å². The molecule has 33 heavy (non-hydrogen) atoms. The van der Waals surface area contributed by atoms with E-state index in [9.17, 15) is 0 Å². The summed E-state index contributed by atoms with van der Waals surface area (Å²) in [6.07, 6.45) is 15.2. The molecular weight excluding hydrogens is 526 g/mol. The number of hydrogen-bond donors (Lipinski definition) is 0. The smallest absolute Gasteiger partial charge is 0.381 e. The average molecular weight is 576 g/mol. The molecule has 0 amide bonds. The Morgan fingerprint density at radius 3 is 0.455 bits per heavy atom. The molecule has 3 aliphatic heterocycles. The van der Waals surface area contributed by atoms with E-state index < -0.39 is 0 Å². The molecule has 0 unspecified atom stereocenters. The molecule has 6 heteroatoms. The van der Waals surface area contributed by atoms with Crippen molar-refractivity contribution in [3.63, 3.8) is 0 Å². The van der Waals surface area contributed by atoms with E-state index in [0.717, 1.165) is 39.6 Å². The van der Waals surface area contributed by atoms with Crippen LogP contribution in [0.3, 0.4) is 0 Å². The van der Waals surface area contributed by atoms with Gasteiger partial charge < -0.3 is 14.2 Å². The van der Waals surface area contributed by atoms with Gasteiger partial charge in [-0.1, -0.05) is 0 Å². The summed E-state index contributed by atoms with van der Waals surface area (Å²) in [4.78, 5) is 0. The quantitative estimate of drug-likeness (QED) is 0.398. The second-order valence-electron chi connectivity index (χ2n) is 5.40. The summed E-state index contributed by atoms with van der Waals surface area (Å²) in [7, 11) is 0. The van der Waals surface area contributed by atoms with Crippen LogP contribution in [0.2, 0.25) is 0 Å². The van der Waals surface area contributed by atoms with Crippen LogP contribution >= 0.6 is 0 Å². The molecule has 0 saturated carbocycles. The zero-order chi connectivity index (χ0) is 24.1. The molecule has 0 aromatic carbocycles. The molecular formula is C27H49CeLi2O3+2. The van der Waals surface area contributed by atoms with E-state index in [2.05, 4.69) is 69.2 Å². The summed E-state index contributed by atoms with van der Waals surface area (Å²) >= 11 is 0. The molecule has 3 nitrogen and oxygen atoms in total. The second-order valence-corrected chi connectivity index (χ2v) is 5.40. The number of ether oxygens (including phenoxy) is 3.